The van der Waals surface area contributed by atoms with Gasteiger partial charge in [0, 0.05) is 32.6 Å². The molecule has 2 aliphatic rings. The summed E-state index contributed by atoms with van der Waals surface area (Å²) in [6, 6.07) is 8.50. The zero-order valence-corrected chi connectivity index (χ0v) is 14.3. The molecule has 0 saturated carbocycles. The van der Waals surface area contributed by atoms with E-state index in [0.717, 1.165) is 32.4 Å². The van der Waals surface area contributed by atoms with E-state index in [2.05, 4.69) is 40.6 Å². The van der Waals surface area contributed by atoms with Gasteiger partial charge in [-0.15, -0.1) is 0 Å². The second kappa shape index (κ2) is 8.45. The fraction of sp³-hybridized carbons (Fsp3) is 0.550. The van der Waals surface area contributed by atoms with E-state index in [4.69, 9.17) is 0 Å². The zero-order chi connectivity index (χ0) is 16.8. The van der Waals surface area contributed by atoms with Crippen LogP contribution in [0.2, 0.25) is 0 Å². The first-order chi connectivity index (χ1) is 11.7. The van der Waals surface area contributed by atoms with Crippen molar-refractivity contribution in [3.05, 3.63) is 47.0 Å². The molecule has 1 unspecified atom stereocenters. The van der Waals surface area contributed by atoms with Gasteiger partial charge in [-0.2, -0.15) is 0 Å². The van der Waals surface area contributed by atoms with Crippen LogP contribution in [0.1, 0.15) is 43.2 Å². The van der Waals surface area contributed by atoms with Crippen LogP contribution in [0.15, 0.2) is 35.9 Å². The van der Waals surface area contributed by atoms with Crippen LogP contribution in [0.3, 0.4) is 0 Å². The van der Waals surface area contributed by atoms with Crippen molar-refractivity contribution in [2.24, 2.45) is 0 Å². The molecule has 0 fully saturated rings. The number of amides is 1. The molecule has 4 heteroatoms. The third-order valence-corrected chi connectivity index (χ3v) is 4.99. The van der Waals surface area contributed by atoms with Crippen LogP contribution >= 0.6 is 0 Å². The van der Waals surface area contributed by atoms with Gasteiger partial charge in [-0.3, -0.25) is 9.69 Å². The minimum Gasteiger partial charge on any atom is -0.390 e. The van der Waals surface area contributed by atoms with Crippen LogP contribution in [0.25, 0.3) is 0 Å². The Hall–Kier alpha value is -1.65. The van der Waals surface area contributed by atoms with Gasteiger partial charge in [0.1, 0.15) is 0 Å². The van der Waals surface area contributed by atoms with Crippen LogP contribution in [-0.2, 0) is 17.8 Å². The summed E-state index contributed by atoms with van der Waals surface area (Å²) in [5.74, 6) is 0.0335. The Kier molecular flexibility index (Phi) is 6.05. The number of benzene rings is 1. The van der Waals surface area contributed by atoms with Gasteiger partial charge >= 0.3 is 0 Å². The van der Waals surface area contributed by atoms with Crippen molar-refractivity contribution in [1.29, 1.82) is 0 Å². The molecule has 24 heavy (non-hydrogen) atoms. The molecule has 1 heterocycles. The Labute approximate surface area is 144 Å². The molecule has 3 rings (SSSR count). The second-order valence-corrected chi connectivity index (χ2v) is 7.00. The minimum atomic E-state index is -0.514. The fourth-order valence-electron chi connectivity index (χ4n) is 3.64. The average Bonchev–Trinajstić information content (AvgIpc) is 2.61. The van der Waals surface area contributed by atoms with Crippen LogP contribution in [0.4, 0.5) is 0 Å². The molecule has 0 radical (unpaired) electrons. The molecule has 1 aromatic carbocycles. The van der Waals surface area contributed by atoms with Crippen molar-refractivity contribution in [2.75, 3.05) is 19.6 Å². The van der Waals surface area contributed by atoms with E-state index in [1.807, 2.05) is 0 Å². The minimum absolute atomic E-state index is 0.0335. The van der Waals surface area contributed by atoms with Gasteiger partial charge in [0.05, 0.1) is 6.10 Å². The number of hydrogen-bond acceptors (Lipinski definition) is 3. The first-order valence-electron chi connectivity index (χ1n) is 9.12. The molecule has 0 spiro atoms. The quantitative estimate of drug-likeness (QED) is 0.789. The molecule has 0 bridgehead atoms. The first kappa shape index (κ1) is 17.2. The predicted molar refractivity (Wildman–Crippen MR) is 95.6 cm³/mol. The summed E-state index contributed by atoms with van der Waals surface area (Å²) < 4.78 is 0. The summed E-state index contributed by atoms with van der Waals surface area (Å²) in [7, 11) is 0. The maximum Gasteiger partial charge on any atom is 0.224 e. The lowest BCUT2D eigenvalue weighted by Crippen LogP contribution is -2.42. The Morgan fingerprint density at radius 2 is 2.04 bits per heavy atom. The fourth-order valence-corrected chi connectivity index (χ4v) is 3.64. The number of hydrogen-bond donors (Lipinski definition) is 2. The van der Waals surface area contributed by atoms with Crippen molar-refractivity contribution in [2.45, 2.75) is 51.2 Å². The smallest absolute Gasteiger partial charge is 0.224 e. The number of β-amino-alcohol motifs (C(OH)–C–C–N with tert-alkyl or cyclic N) is 1. The SMILES string of the molecule is O=C(CC1=CCCCC1)NCC(O)CN1CCc2ccccc2C1. The number of carbonyl (C=O) groups excluding carboxylic acids is 1. The zero-order valence-electron chi connectivity index (χ0n) is 14.3. The third-order valence-electron chi connectivity index (χ3n) is 4.99. The van der Waals surface area contributed by atoms with Gasteiger partial charge in [0.2, 0.25) is 5.91 Å². The Balaban J connectivity index is 1.39. The number of fused-ring (bicyclic) bond motifs is 1. The van der Waals surface area contributed by atoms with Crippen molar-refractivity contribution < 1.29 is 9.90 Å². The van der Waals surface area contributed by atoms with Crippen LogP contribution in [-0.4, -0.2) is 41.7 Å². The highest BCUT2D eigenvalue weighted by molar-refractivity contribution is 5.78. The van der Waals surface area contributed by atoms with Crippen LogP contribution < -0.4 is 5.32 Å². The van der Waals surface area contributed by atoms with Crippen molar-refractivity contribution in [1.82, 2.24) is 10.2 Å². The van der Waals surface area contributed by atoms with E-state index >= 15 is 0 Å². The summed E-state index contributed by atoms with van der Waals surface area (Å²) in [6.07, 6.45) is 7.78. The predicted octanol–water partition coefficient (Wildman–Crippen LogP) is 2.41. The van der Waals surface area contributed by atoms with Crippen molar-refractivity contribution in [3.63, 3.8) is 0 Å². The molecule has 1 aliphatic heterocycles. The number of rotatable bonds is 6. The van der Waals surface area contributed by atoms with Crippen molar-refractivity contribution >= 4 is 5.91 Å². The maximum absolute atomic E-state index is 12.0. The normalized spacial score (nSPS) is 19.3. The van der Waals surface area contributed by atoms with Crippen molar-refractivity contribution in [3.8, 4) is 0 Å². The Morgan fingerprint density at radius 3 is 2.83 bits per heavy atom. The lowest BCUT2D eigenvalue weighted by molar-refractivity contribution is -0.121. The van der Waals surface area contributed by atoms with E-state index in [-0.39, 0.29) is 5.91 Å². The van der Waals surface area contributed by atoms with Gasteiger partial charge in [-0.05, 0) is 43.2 Å². The van der Waals surface area contributed by atoms with E-state index in [0.29, 0.717) is 19.5 Å². The van der Waals surface area contributed by atoms with Gasteiger partial charge in [0.15, 0.2) is 0 Å². The molecule has 1 atom stereocenters. The summed E-state index contributed by atoms with van der Waals surface area (Å²) in [6.45, 7) is 2.80. The van der Waals surface area contributed by atoms with Gasteiger partial charge in [0.25, 0.3) is 0 Å². The maximum atomic E-state index is 12.0. The highest BCUT2D eigenvalue weighted by atomic mass is 16.3. The summed E-state index contributed by atoms with van der Waals surface area (Å²) in [5.41, 5.74) is 4.02. The number of nitrogens with one attached hydrogen (secondary N) is 1. The lowest BCUT2D eigenvalue weighted by atomic mass is 9.97. The largest absolute Gasteiger partial charge is 0.390 e. The highest BCUT2D eigenvalue weighted by Gasteiger charge is 2.19. The first-order valence-corrected chi connectivity index (χ1v) is 9.12. The average molecular weight is 328 g/mol. The summed E-state index contributed by atoms with van der Waals surface area (Å²) in [4.78, 5) is 14.3. The van der Waals surface area contributed by atoms with Gasteiger partial charge in [-0.1, -0.05) is 35.9 Å². The third kappa shape index (κ3) is 4.92. The van der Waals surface area contributed by atoms with Gasteiger partial charge < -0.3 is 10.4 Å². The Bertz CT molecular complexity index is 597. The summed E-state index contributed by atoms with van der Waals surface area (Å²) in [5, 5.41) is 13.1. The second-order valence-electron chi connectivity index (χ2n) is 7.00. The molecule has 0 aromatic heterocycles. The topological polar surface area (TPSA) is 52.6 Å². The number of carbonyl (C=O) groups is 1. The Morgan fingerprint density at radius 1 is 1.21 bits per heavy atom. The lowest BCUT2D eigenvalue weighted by Gasteiger charge is -2.30. The molecular formula is C20H28N2O2. The number of aliphatic hydroxyl groups is 1. The molecule has 0 saturated heterocycles. The van der Waals surface area contributed by atoms with Crippen LogP contribution in [0.5, 0.6) is 0 Å². The molecule has 1 amide bonds. The number of allylic oxidation sites excluding steroid dienone is 1. The van der Waals surface area contributed by atoms with Gasteiger partial charge in [-0.25, -0.2) is 0 Å². The molecule has 2 N–H and O–H groups in total. The van der Waals surface area contributed by atoms with E-state index < -0.39 is 6.10 Å². The monoisotopic (exact) mass is 328 g/mol. The van der Waals surface area contributed by atoms with E-state index in [9.17, 15) is 9.90 Å². The van der Waals surface area contributed by atoms with E-state index in [1.54, 1.807) is 0 Å². The molecule has 1 aromatic rings. The number of nitrogens with zero attached hydrogens (tertiary/aromatic N) is 1. The van der Waals surface area contributed by atoms with E-state index in [1.165, 1.54) is 29.5 Å². The molecule has 1 aliphatic carbocycles. The molecule has 4 nitrogen and oxygen atoms in total. The molecular weight excluding hydrogens is 300 g/mol. The number of aliphatic hydroxyl groups excluding tert-OH is 1. The standard InChI is InChI=1S/C20H28N2O2/c23-19(13-21-20(24)12-16-6-2-1-3-7-16)15-22-11-10-17-8-4-5-9-18(17)14-22/h4-6,8-9,19,23H,1-3,7,10-15H2,(H,21,24). The van der Waals surface area contributed by atoms with Crippen LogP contribution in [0, 0.1) is 0 Å². The molecule has 130 valence electrons. The summed E-state index contributed by atoms with van der Waals surface area (Å²) >= 11 is 0. The highest BCUT2D eigenvalue weighted by Crippen LogP contribution is 2.20.